The zero-order valence-corrected chi connectivity index (χ0v) is 16.1. The van der Waals surface area contributed by atoms with Crippen LogP contribution in [0.5, 0.6) is 0 Å². The molecule has 1 aliphatic rings. The molecule has 2 heterocycles. The lowest BCUT2D eigenvalue weighted by Gasteiger charge is -2.18. The molecule has 0 aliphatic carbocycles. The number of carbonyl (C=O) groups excluding carboxylic acids is 1. The molecule has 2 aromatic carbocycles. The number of hydrogen-bond acceptors (Lipinski definition) is 4. The Kier molecular flexibility index (Phi) is 5.10. The molecule has 0 saturated heterocycles. The highest BCUT2D eigenvalue weighted by Crippen LogP contribution is 2.28. The Bertz CT molecular complexity index is 961. The van der Waals surface area contributed by atoms with Crippen molar-refractivity contribution < 1.29 is 9.63 Å². The van der Waals surface area contributed by atoms with E-state index in [9.17, 15) is 4.79 Å². The zero-order valence-electron chi connectivity index (χ0n) is 16.1. The number of imidazole rings is 1. The van der Waals surface area contributed by atoms with Crippen LogP contribution < -0.4 is 5.32 Å². The second kappa shape index (κ2) is 7.84. The molecule has 1 aromatic heterocycles. The molecule has 0 bridgehead atoms. The summed E-state index contributed by atoms with van der Waals surface area (Å²) in [5.74, 6) is 0.962. The van der Waals surface area contributed by atoms with Gasteiger partial charge < -0.3 is 15.1 Å². The largest absolute Gasteiger partial charge is 0.387 e. The van der Waals surface area contributed by atoms with Gasteiger partial charge in [0, 0.05) is 6.42 Å². The van der Waals surface area contributed by atoms with Gasteiger partial charge in [0.05, 0.1) is 17.1 Å². The van der Waals surface area contributed by atoms with E-state index in [1.165, 1.54) is 0 Å². The fourth-order valence-electron chi connectivity index (χ4n) is 3.45. The van der Waals surface area contributed by atoms with Crippen molar-refractivity contribution in [3.63, 3.8) is 0 Å². The second-order valence-electron chi connectivity index (χ2n) is 7.54. The number of rotatable bonds is 6. The van der Waals surface area contributed by atoms with Crippen LogP contribution in [0.2, 0.25) is 0 Å². The lowest BCUT2D eigenvalue weighted by atomic mass is 10.0. The number of benzene rings is 2. The van der Waals surface area contributed by atoms with Gasteiger partial charge in [-0.3, -0.25) is 4.79 Å². The quantitative estimate of drug-likeness (QED) is 0.674. The van der Waals surface area contributed by atoms with Gasteiger partial charge in [0.2, 0.25) is 0 Å². The zero-order chi connectivity index (χ0) is 19.5. The predicted molar refractivity (Wildman–Crippen MR) is 109 cm³/mol. The monoisotopic (exact) mass is 376 g/mol. The molecule has 28 heavy (non-hydrogen) atoms. The summed E-state index contributed by atoms with van der Waals surface area (Å²) in [5, 5.41) is 7.13. The van der Waals surface area contributed by atoms with E-state index < -0.39 is 0 Å². The maximum atomic E-state index is 12.8. The minimum absolute atomic E-state index is 0.204. The Morgan fingerprint density at radius 3 is 2.68 bits per heavy atom. The maximum absolute atomic E-state index is 12.8. The third-order valence-electron chi connectivity index (χ3n) is 4.85. The van der Waals surface area contributed by atoms with E-state index in [2.05, 4.69) is 34.3 Å². The minimum atomic E-state index is -0.211. The van der Waals surface area contributed by atoms with Crippen molar-refractivity contribution in [2.24, 2.45) is 11.1 Å². The van der Waals surface area contributed by atoms with Crippen LogP contribution >= 0.6 is 0 Å². The average molecular weight is 376 g/mol. The Hall–Kier alpha value is -3.15. The summed E-state index contributed by atoms with van der Waals surface area (Å²) in [4.78, 5) is 26.3. The molecule has 2 atom stereocenters. The number of amides is 1. The van der Waals surface area contributed by atoms with Crippen LogP contribution in [-0.4, -0.2) is 21.6 Å². The second-order valence-corrected chi connectivity index (χ2v) is 7.54. The van der Waals surface area contributed by atoms with E-state index in [1.807, 2.05) is 54.6 Å². The van der Waals surface area contributed by atoms with Crippen molar-refractivity contribution >= 4 is 22.7 Å². The maximum Gasteiger partial charge on any atom is 0.269 e. The molecule has 6 heteroatoms. The third-order valence-corrected chi connectivity index (χ3v) is 4.85. The van der Waals surface area contributed by atoms with Crippen LogP contribution in [-0.2, 0) is 9.63 Å². The first kappa shape index (κ1) is 18.2. The Labute approximate surface area is 164 Å². The Balaban J connectivity index is 1.48. The molecule has 0 fully saturated rings. The smallest absolute Gasteiger partial charge is 0.269 e. The van der Waals surface area contributed by atoms with Crippen molar-refractivity contribution in [3.05, 3.63) is 66.0 Å². The van der Waals surface area contributed by atoms with Gasteiger partial charge in [-0.2, -0.15) is 0 Å². The summed E-state index contributed by atoms with van der Waals surface area (Å²) in [7, 11) is 0. The molecule has 0 saturated carbocycles. The molecular weight excluding hydrogens is 352 g/mol. The standard InChI is InChI=1S/C22H24N4O2/c1-14(2)12-18(21-23-16-10-6-7-11-17(16)24-21)25-22(27)19-13-20(28-26-19)15-8-4-3-5-9-15/h3-11,14,18,20H,12-13H2,1-2H3,(H,23,24)(H,25,27). The van der Waals surface area contributed by atoms with Crippen molar-refractivity contribution in [3.8, 4) is 0 Å². The van der Waals surface area contributed by atoms with Crippen LogP contribution in [0.15, 0.2) is 59.8 Å². The highest BCUT2D eigenvalue weighted by molar-refractivity contribution is 6.39. The number of aromatic amines is 1. The normalized spacial score (nSPS) is 17.4. The Morgan fingerprint density at radius 1 is 1.18 bits per heavy atom. The number of nitrogens with zero attached hydrogens (tertiary/aromatic N) is 2. The average Bonchev–Trinajstić information content (AvgIpc) is 3.35. The predicted octanol–water partition coefficient (Wildman–Crippen LogP) is 4.28. The molecule has 0 spiro atoms. The summed E-state index contributed by atoms with van der Waals surface area (Å²) in [6.07, 6.45) is 1.03. The van der Waals surface area contributed by atoms with Crippen molar-refractivity contribution in [1.82, 2.24) is 15.3 Å². The topological polar surface area (TPSA) is 79.4 Å². The van der Waals surface area contributed by atoms with E-state index in [0.29, 0.717) is 18.1 Å². The van der Waals surface area contributed by atoms with Crippen LogP contribution in [0.3, 0.4) is 0 Å². The molecule has 2 unspecified atom stereocenters. The first-order chi connectivity index (χ1) is 13.6. The highest BCUT2D eigenvalue weighted by atomic mass is 16.6. The summed E-state index contributed by atoms with van der Waals surface area (Å²) in [6, 6.07) is 17.5. The lowest BCUT2D eigenvalue weighted by molar-refractivity contribution is -0.115. The van der Waals surface area contributed by atoms with Crippen LogP contribution in [0, 0.1) is 5.92 Å². The molecular formula is C22H24N4O2. The van der Waals surface area contributed by atoms with Crippen molar-refractivity contribution in [2.75, 3.05) is 0 Å². The van der Waals surface area contributed by atoms with Crippen LogP contribution in [0.25, 0.3) is 11.0 Å². The van der Waals surface area contributed by atoms with Gasteiger partial charge in [-0.05, 0) is 30.0 Å². The summed E-state index contributed by atoms with van der Waals surface area (Å²) in [6.45, 7) is 4.26. The van der Waals surface area contributed by atoms with Crippen LogP contribution in [0.1, 0.15) is 50.2 Å². The number of oxime groups is 1. The number of hydrogen-bond donors (Lipinski definition) is 2. The molecule has 2 N–H and O–H groups in total. The van der Waals surface area contributed by atoms with E-state index in [4.69, 9.17) is 4.84 Å². The summed E-state index contributed by atoms with van der Waals surface area (Å²) < 4.78 is 0. The van der Waals surface area contributed by atoms with E-state index in [0.717, 1.165) is 28.8 Å². The van der Waals surface area contributed by atoms with Gasteiger partial charge in [0.15, 0.2) is 6.10 Å². The van der Waals surface area contributed by atoms with Crippen molar-refractivity contribution in [2.45, 2.75) is 38.8 Å². The molecule has 144 valence electrons. The van der Waals surface area contributed by atoms with Gasteiger partial charge in [-0.25, -0.2) is 4.98 Å². The molecule has 4 rings (SSSR count). The number of nitrogens with one attached hydrogen (secondary N) is 2. The molecule has 0 radical (unpaired) electrons. The van der Waals surface area contributed by atoms with Gasteiger partial charge in [0.1, 0.15) is 11.5 Å². The van der Waals surface area contributed by atoms with Gasteiger partial charge in [-0.1, -0.05) is 61.5 Å². The number of carbonyl (C=O) groups is 1. The van der Waals surface area contributed by atoms with Gasteiger partial charge in [0.25, 0.3) is 5.91 Å². The van der Waals surface area contributed by atoms with E-state index in [-0.39, 0.29) is 18.1 Å². The first-order valence-electron chi connectivity index (χ1n) is 9.63. The number of H-pyrrole nitrogens is 1. The fraction of sp³-hybridized carbons (Fsp3) is 0.318. The number of fused-ring (bicyclic) bond motifs is 1. The Morgan fingerprint density at radius 2 is 1.93 bits per heavy atom. The van der Waals surface area contributed by atoms with Gasteiger partial charge in [-0.15, -0.1) is 0 Å². The molecule has 1 amide bonds. The number of aromatic nitrogens is 2. The van der Waals surface area contributed by atoms with E-state index in [1.54, 1.807) is 0 Å². The summed E-state index contributed by atoms with van der Waals surface area (Å²) in [5.41, 5.74) is 3.29. The van der Waals surface area contributed by atoms with Gasteiger partial charge >= 0.3 is 0 Å². The molecule has 3 aromatic rings. The van der Waals surface area contributed by atoms with Crippen LogP contribution in [0.4, 0.5) is 0 Å². The number of para-hydroxylation sites is 2. The first-order valence-corrected chi connectivity index (χ1v) is 9.63. The minimum Gasteiger partial charge on any atom is -0.387 e. The third kappa shape index (κ3) is 3.91. The van der Waals surface area contributed by atoms with E-state index >= 15 is 0 Å². The highest BCUT2D eigenvalue weighted by Gasteiger charge is 2.29. The molecule has 6 nitrogen and oxygen atoms in total. The lowest BCUT2D eigenvalue weighted by Crippen LogP contribution is -2.35. The van der Waals surface area contributed by atoms with Crippen molar-refractivity contribution in [1.29, 1.82) is 0 Å². The summed E-state index contributed by atoms with van der Waals surface area (Å²) >= 11 is 0. The fourth-order valence-corrected chi connectivity index (χ4v) is 3.45. The molecule has 1 aliphatic heterocycles. The SMILES string of the molecule is CC(C)CC(NC(=O)C1=NOC(c2ccccc2)C1)c1nc2ccccc2[nH]1.